The number of aromatic nitrogens is 4. The number of methoxy groups -OCH3 is 2. The van der Waals surface area contributed by atoms with Crippen molar-refractivity contribution in [3.8, 4) is 44.5 Å². The van der Waals surface area contributed by atoms with Crippen LogP contribution in [-0.2, 0) is 34.2 Å². The Morgan fingerprint density at radius 2 is 0.603 bits per heavy atom. The molecular formula is C50H32F12N4O2. The third kappa shape index (κ3) is 8.53. The minimum Gasteiger partial charge on any atom is -0.372 e. The number of nitrogens with zero attached hydrogens (tertiary/aromatic N) is 2. The van der Waals surface area contributed by atoms with E-state index < -0.39 is 59.2 Å². The molecule has 3 aromatic heterocycles. The first-order chi connectivity index (χ1) is 32.1. The van der Waals surface area contributed by atoms with Gasteiger partial charge in [-0.25, -0.2) is 4.98 Å². The maximum atomic E-state index is 13.9. The largest absolute Gasteiger partial charge is 0.416 e. The minimum absolute atomic E-state index is 0.118. The van der Waals surface area contributed by atoms with Crippen LogP contribution in [0.25, 0.3) is 78.7 Å². The van der Waals surface area contributed by atoms with E-state index in [9.17, 15) is 52.7 Å². The SMILES string of the molecule is CO[C@@H]1c2nc(c(-c3ccc(C(F)(F)F)cc3)c3ccc([nH]3)c(-c3ccc(C(F)(F)F)cc3)c3nc(c(-c4ccc(C(F)(F)F)cc4)c4ccc([nH]4)c2-c2ccc(C(F)(F)F)cc2)C=C3)[C@@H]1OC. The van der Waals surface area contributed by atoms with Crippen LogP contribution < -0.4 is 0 Å². The second-order valence-electron chi connectivity index (χ2n) is 15.8. The summed E-state index contributed by atoms with van der Waals surface area (Å²) < 4.78 is 179. The third-order valence-corrected chi connectivity index (χ3v) is 11.7. The van der Waals surface area contributed by atoms with Crippen LogP contribution in [0.15, 0.2) is 121 Å². The maximum absolute atomic E-state index is 13.9. The summed E-state index contributed by atoms with van der Waals surface area (Å²) in [5.41, 5.74) is -0.213. The molecule has 6 nitrogen and oxygen atoms in total. The first-order valence-corrected chi connectivity index (χ1v) is 20.4. The van der Waals surface area contributed by atoms with Gasteiger partial charge in [0.2, 0.25) is 0 Å². The van der Waals surface area contributed by atoms with Crippen molar-refractivity contribution in [2.24, 2.45) is 0 Å². The number of halogens is 12. The molecule has 4 aromatic carbocycles. The molecule has 2 N–H and O–H groups in total. The van der Waals surface area contributed by atoms with Gasteiger partial charge < -0.3 is 19.4 Å². The Kier molecular flexibility index (Phi) is 11.4. The first-order valence-electron chi connectivity index (χ1n) is 20.4. The van der Waals surface area contributed by atoms with Crippen molar-refractivity contribution in [3.05, 3.63) is 166 Å². The van der Waals surface area contributed by atoms with Crippen molar-refractivity contribution >= 4 is 34.2 Å². The summed E-state index contributed by atoms with van der Waals surface area (Å²) in [5.74, 6) is 0. The normalized spacial score (nSPS) is 15.6. The van der Waals surface area contributed by atoms with Gasteiger partial charge in [-0.1, -0.05) is 48.5 Å². The molecule has 0 unspecified atom stereocenters. The lowest BCUT2D eigenvalue weighted by atomic mass is 9.96. The molecule has 0 spiro atoms. The molecule has 5 heterocycles. The smallest absolute Gasteiger partial charge is 0.372 e. The average molecular weight is 949 g/mol. The van der Waals surface area contributed by atoms with E-state index in [4.69, 9.17) is 19.4 Å². The fourth-order valence-electron chi connectivity index (χ4n) is 8.49. The van der Waals surface area contributed by atoms with E-state index in [2.05, 4.69) is 9.97 Å². The van der Waals surface area contributed by atoms with E-state index in [1.165, 1.54) is 62.8 Å². The summed E-state index contributed by atoms with van der Waals surface area (Å²) in [6, 6.07) is 23.3. The molecule has 348 valence electrons. The van der Waals surface area contributed by atoms with Gasteiger partial charge in [0.1, 0.15) is 12.2 Å². The minimum atomic E-state index is -4.70. The van der Waals surface area contributed by atoms with E-state index in [-0.39, 0.29) is 89.4 Å². The monoisotopic (exact) mass is 948 g/mol. The van der Waals surface area contributed by atoms with E-state index in [0.717, 1.165) is 48.5 Å². The molecule has 0 radical (unpaired) electrons. The van der Waals surface area contributed by atoms with E-state index >= 15 is 0 Å². The Labute approximate surface area is 377 Å². The molecule has 2 atom stereocenters. The van der Waals surface area contributed by atoms with Crippen LogP contribution in [0.2, 0.25) is 0 Å². The Morgan fingerprint density at radius 1 is 0.353 bits per heavy atom. The summed E-state index contributed by atoms with van der Waals surface area (Å²) >= 11 is 0. The molecule has 8 bridgehead atoms. The Bertz CT molecular complexity index is 3020. The highest BCUT2D eigenvalue weighted by molar-refractivity contribution is 5.97. The van der Waals surface area contributed by atoms with Gasteiger partial charge in [-0.15, -0.1) is 0 Å². The molecule has 0 saturated carbocycles. The van der Waals surface area contributed by atoms with Gasteiger partial charge in [0.05, 0.1) is 45.0 Å². The van der Waals surface area contributed by atoms with Gasteiger partial charge in [-0.3, -0.25) is 4.98 Å². The fourth-order valence-corrected chi connectivity index (χ4v) is 8.49. The summed E-state index contributed by atoms with van der Waals surface area (Å²) in [6.07, 6.45) is -17.9. The van der Waals surface area contributed by atoms with Crippen molar-refractivity contribution in [2.75, 3.05) is 14.2 Å². The van der Waals surface area contributed by atoms with Crippen molar-refractivity contribution in [1.82, 2.24) is 19.9 Å². The van der Waals surface area contributed by atoms with E-state index in [0.29, 0.717) is 0 Å². The zero-order valence-corrected chi connectivity index (χ0v) is 35.1. The van der Waals surface area contributed by atoms with Gasteiger partial charge in [-0.2, -0.15) is 52.7 Å². The second-order valence-corrected chi connectivity index (χ2v) is 15.8. The molecular weight excluding hydrogens is 917 g/mol. The van der Waals surface area contributed by atoms with Gasteiger partial charge in [-0.05, 0) is 107 Å². The number of benzene rings is 4. The lowest BCUT2D eigenvalue weighted by Crippen LogP contribution is -2.11. The molecule has 0 fully saturated rings. The first kappa shape index (κ1) is 46.0. The zero-order valence-electron chi connectivity index (χ0n) is 35.1. The van der Waals surface area contributed by atoms with Crippen LogP contribution in [0.1, 0.15) is 57.2 Å². The average Bonchev–Trinajstić information content (AvgIpc) is 4.12. The number of nitrogens with one attached hydrogen (secondary N) is 2. The van der Waals surface area contributed by atoms with E-state index in [1.54, 1.807) is 36.4 Å². The Balaban J connectivity index is 1.47. The Morgan fingerprint density at radius 3 is 0.853 bits per heavy atom. The number of alkyl halides is 12. The van der Waals surface area contributed by atoms with Crippen molar-refractivity contribution < 1.29 is 62.2 Å². The summed E-state index contributed by atoms with van der Waals surface area (Å²) in [4.78, 5) is 16.6. The molecule has 9 rings (SSSR count). The highest BCUT2D eigenvalue weighted by Crippen LogP contribution is 2.48. The maximum Gasteiger partial charge on any atom is 0.416 e. The lowest BCUT2D eigenvalue weighted by molar-refractivity contribution is -0.138. The van der Waals surface area contributed by atoms with Crippen LogP contribution in [0.5, 0.6) is 0 Å². The van der Waals surface area contributed by atoms with Crippen LogP contribution >= 0.6 is 0 Å². The standard InChI is InChI=1S/C50H32F12N4O2/c1-67-45-43-41(27-7-15-31(16-8-27)49(57,58)59)37-23-21-35(64-37)39(25-3-11-29(12-4-25)47(51,52)53)33-19-20-34(63-33)40(26-5-13-30(14-6-26)48(54,55)56)36-22-24-38(65-36)42(44(66-43)46(45)68-2)28-9-17-32(18-10-28)50(60,61)62/h3-24,45-46,64-65H,1-2H3/t45-,46+. The summed E-state index contributed by atoms with van der Waals surface area (Å²) in [7, 11) is 2.68. The van der Waals surface area contributed by atoms with E-state index in [1.807, 2.05) is 0 Å². The van der Waals surface area contributed by atoms with Crippen LogP contribution in [0, 0.1) is 0 Å². The molecule has 0 saturated heterocycles. The van der Waals surface area contributed by atoms with Gasteiger partial charge in [0.25, 0.3) is 0 Å². The number of aromatic amines is 2. The number of ether oxygens (including phenoxy) is 2. The highest BCUT2D eigenvalue weighted by Gasteiger charge is 2.39. The van der Waals surface area contributed by atoms with Gasteiger partial charge in [0.15, 0.2) is 0 Å². The second kappa shape index (κ2) is 16.9. The molecule has 2 aliphatic rings. The third-order valence-electron chi connectivity index (χ3n) is 11.7. The molecule has 2 aliphatic heterocycles. The number of H-pyrrole nitrogens is 2. The number of rotatable bonds is 6. The van der Waals surface area contributed by atoms with Crippen molar-refractivity contribution in [3.63, 3.8) is 0 Å². The molecule has 68 heavy (non-hydrogen) atoms. The van der Waals surface area contributed by atoms with Crippen LogP contribution in [0.4, 0.5) is 52.7 Å². The Hall–Kier alpha value is -7.18. The predicted molar refractivity (Wildman–Crippen MR) is 231 cm³/mol. The number of hydrogen-bond donors (Lipinski definition) is 2. The fraction of sp³-hybridized carbons (Fsp3) is 0.160. The van der Waals surface area contributed by atoms with Crippen LogP contribution in [0.3, 0.4) is 0 Å². The summed E-state index contributed by atoms with van der Waals surface area (Å²) in [5, 5.41) is 0. The molecule has 7 aromatic rings. The molecule has 0 amide bonds. The quantitative estimate of drug-likeness (QED) is 0.163. The molecule has 18 heteroatoms. The highest BCUT2D eigenvalue weighted by atomic mass is 19.4. The molecule has 0 aliphatic carbocycles. The van der Waals surface area contributed by atoms with Crippen LogP contribution in [-0.4, -0.2) is 34.2 Å². The van der Waals surface area contributed by atoms with Gasteiger partial charge in [0, 0.05) is 58.5 Å². The van der Waals surface area contributed by atoms with Crippen molar-refractivity contribution in [1.29, 1.82) is 0 Å². The summed E-state index contributed by atoms with van der Waals surface area (Å²) in [6.45, 7) is 0. The van der Waals surface area contributed by atoms with Crippen molar-refractivity contribution in [2.45, 2.75) is 36.9 Å². The number of fused-ring (bicyclic) bond motifs is 8. The van der Waals surface area contributed by atoms with Gasteiger partial charge >= 0.3 is 24.7 Å². The predicted octanol–water partition coefficient (Wildman–Crippen LogP) is 15.3. The zero-order chi connectivity index (χ0) is 48.5. The lowest BCUT2D eigenvalue weighted by Gasteiger charge is -2.20. The number of hydrogen-bond acceptors (Lipinski definition) is 4. The topological polar surface area (TPSA) is 75.8 Å².